The molecule has 1 aliphatic rings. The van der Waals surface area contributed by atoms with Crippen molar-refractivity contribution in [1.29, 1.82) is 0 Å². The Morgan fingerprint density at radius 2 is 2.16 bits per heavy atom. The minimum atomic E-state index is -0.205. The molecule has 1 aliphatic heterocycles. The number of H-pyrrole nitrogens is 1. The molecule has 0 unspecified atom stereocenters. The monoisotopic (exact) mass is 336 g/mol. The second-order valence-corrected chi connectivity index (χ2v) is 6.52. The lowest BCUT2D eigenvalue weighted by Gasteiger charge is -2.22. The molecule has 0 amide bonds. The van der Waals surface area contributed by atoms with E-state index in [0.717, 1.165) is 53.1 Å². The van der Waals surface area contributed by atoms with E-state index >= 15 is 0 Å². The SMILES string of the molecule is Cc1nc(N2CCCc3[nH]c4ccc(F)cc4c3C2)cc2nncn12. The maximum absolute atomic E-state index is 13.7. The van der Waals surface area contributed by atoms with Gasteiger partial charge in [-0.2, -0.15) is 0 Å². The molecule has 6 nitrogen and oxygen atoms in total. The molecule has 0 bridgehead atoms. The molecule has 126 valence electrons. The highest BCUT2D eigenvalue weighted by Crippen LogP contribution is 2.30. The van der Waals surface area contributed by atoms with Crippen LogP contribution >= 0.6 is 0 Å². The normalized spacial score (nSPS) is 14.9. The van der Waals surface area contributed by atoms with Gasteiger partial charge in [-0.25, -0.2) is 9.37 Å². The summed E-state index contributed by atoms with van der Waals surface area (Å²) >= 11 is 0. The molecule has 0 spiro atoms. The van der Waals surface area contributed by atoms with Crippen LogP contribution in [0.5, 0.6) is 0 Å². The number of rotatable bonds is 1. The van der Waals surface area contributed by atoms with E-state index in [1.54, 1.807) is 12.4 Å². The molecule has 1 N–H and O–H groups in total. The van der Waals surface area contributed by atoms with Crippen molar-refractivity contribution in [1.82, 2.24) is 24.6 Å². The first-order valence-electron chi connectivity index (χ1n) is 8.40. The van der Waals surface area contributed by atoms with Crippen molar-refractivity contribution in [2.45, 2.75) is 26.3 Å². The maximum Gasteiger partial charge on any atom is 0.165 e. The molecule has 4 heterocycles. The summed E-state index contributed by atoms with van der Waals surface area (Å²) in [4.78, 5) is 10.4. The van der Waals surface area contributed by atoms with E-state index in [9.17, 15) is 4.39 Å². The van der Waals surface area contributed by atoms with Gasteiger partial charge < -0.3 is 9.88 Å². The Bertz CT molecular complexity index is 1100. The first-order valence-corrected chi connectivity index (χ1v) is 8.40. The Morgan fingerprint density at radius 1 is 1.24 bits per heavy atom. The van der Waals surface area contributed by atoms with Crippen molar-refractivity contribution in [3.8, 4) is 0 Å². The third kappa shape index (κ3) is 2.26. The highest BCUT2D eigenvalue weighted by atomic mass is 19.1. The Balaban J connectivity index is 1.61. The van der Waals surface area contributed by atoms with Gasteiger partial charge in [0.2, 0.25) is 0 Å². The number of nitrogens with one attached hydrogen (secondary N) is 1. The Labute approximate surface area is 143 Å². The number of hydrogen-bond acceptors (Lipinski definition) is 4. The van der Waals surface area contributed by atoms with E-state index in [1.165, 1.54) is 11.8 Å². The number of hydrogen-bond donors (Lipinski definition) is 1. The fraction of sp³-hybridized carbons (Fsp3) is 0.278. The topological polar surface area (TPSA) is 62.1 Å². The zero-order chi connectivity index (χ0) is 17.0. The zero-order valence-electron chi connectivity index (χ0n) is 13.8. The van der Waals surface area contributed by atoms with Crippen molar-refractivity contribution >= 4 is 22.4 Å². The maximum atomic E-state index is 13.7. The van der Waals surface area contributed by atoms with E-state index in [-0.39, 0.29) is 5.82 Å². The van der Waals surface area contributed by atoms with Crippen LogP contribution < -0.4 is 4.90 Å². The van der Waals surface area contributed by atoms with Crippen LogP contribution in [0, 0.1) is 12.7 Å². The predicted octanol–water partition coefficient (Wildman–Crippen LogP) is 3.01. The predicted molar refractivity (Wildman–Crippen MR) is 93.1 cm³/mol. The van der Waals surface area contributed by atoms with Crippen molar-refractivity contribution in [3.63, 3.8) is 0 Å². The van der Waals surface area contributed by atoms with E-state index in [2.05, 4.69) is 20.1 Å². The van der Waals surface area contributed by atoms with Crippen LogP contribution in [0.15, 0.2) is 30.6 Å². The Kier molecular flexibility index (Phi) is 3.03. The van der Waals surface area contributed by atoms with Gasteiger partial charge in [0.1, 0.15) is 23.8 Å². The lowest BCUT2D eigenvalue weighted by molar-refractivity contribution is 0.629. The molecule has 0 fully saturated rings. The first-order chi connectivity index (χ1) is 12.2. The average Bonchev–Trinajstić information content (AvgIpc) is 3.13. The van der Waals surface area contributed by atoms with Crippen LogP contribution in [-0.2, 0) is 13.0 Å². The van der Waals surface area contributed by atoms with Crippen molar-refractivity contribution in [2.75, 3.05) is 11.4 Å². The summed E-state index contributed by atoms with van der Waals surface area (Å²) in [6.45, 7) is 3.55. The average molecular weight is 336 g/mol. The van der Waals surface area contributed by atoms with E-state index in [4.69, 9.17) is 4.98 Å². The third-order valence-corrected chi connectivity index (χ3v) is 4.94. The molecule has 0 saturated carbocycles. The molecule has 3 aromatic heterocycles. The number of anilines is 1. The van der Waals surface area contributed by atoms with E-state index < -0.39 is 0 Å². The second-order valence-electron chi connectivity index (χ2n) is 6.52. The van der Waals surface area contributed by atoms with E-state index in [0.29, 0.717) is 6.54 Å². The number of fused-ring (bicyclic) bond motifs is 4. The van der Waals surface area contributed by atoms with Crippen LogP contribution in [0.4, 0.5) is 10.2 Å². The number of aryl methyl sites for hydroxylation is 2. The minimum Gasteiger partial charge on any atom is -0.358 e. The number of aromatic nitrogens is 5. The quantitative estimate of drug-likeness (QED) is 0.580. The molecule has 25 heavy (non-hydrogen) atoms. The fourth-order valence-corrected chi connectivity index (χ4v) is 3.70. The summed E-state index contributed by atoms with van der Waals surface area (Å²) in [6, 6.07) is 6.89. The van der Waals surface area contributed by atoms with Gasteiger partial charge in [-0.3, -0.25) is 4.40 Å². The number of benzene rings is 1. The van der Waals surface area contributed by atoms with Gasteiger partial charge in [0.15, 0.2) is 5.65 Å². The molecule has 0 atom stereocenters. The van der Waals surface area contributed by atoms with Crippen molar-refractivity contribution in [2.24, 2.45) is 0 Å². The van der Waals surface area contributed by atoms with Gasteiger partial charge in [-0.15, -0.1) is 10.2 Å². The summed E-state index contributed by atoms with van der Waals surface area (Å²) in [5.41, 5.74) is 4.14. The number of aromatic amines is 1. The van der Waals surface area contributed by atoms with Gasteiger partial charge in [-0.05, 0) is 38.0 Å². The zero-order valence-corrected chi connectivity index (χ0v) is 13.8. The van der Waals surface area contributed by atoms with Crippen LogP contribution in [0.3, 0.4) is 0 Å². The molecule has 0 radical (unpaired) electrons. The molecule has 5 rings (SSSR count). The van der Waals surface area contributed by atoms with Gasteiger partial charge in [-0.1, -0.05) is 0 Å². The van der Waals surface area contributed by atoms with Gasteiger partial charge in [0, 0.05) is 41.3 Å². The van der Waals surface area contributed by atoms with Gasteiger partial charge in [0.25, 0.3) is 0 Å². The lowest BCUT2D eigenvalue weighted by Crippen LogP contribution is -2.24. The number of halogens is 1. The smallest absolute Gasteiger partial charge is 0.165 e. The largest absolute Gasteiger partial charge is 0.358 e. The van der Waals surface area contributed by atoms with E-state index in [1.807, 2.05) is 23.5 Å². The molecule has 4 aromatic rings. The highest BCUT2D eigenvalue weighted by molar-refractivity contribution is 5.85. The summed E-state index contributed by atoms with van der Waals surface area (Å²) in [5, 5.41) is 9.06. The molecular weight excluding hydrogens is 319 g/mol. The van der Waals surface area contributed by atoms with Crippen LogP contribution in [-0.4, -0.2) is 31.1 Å². The van der Waals surface area contributed by atoms with Gasteiger partial charge >= 0.3 is 0 Å². The second kappa shape index (κ2) is 5.27. The molecule has 0 aliphatic carbocycles. The van der Waals surface area contributed by atoms with Crippen LogP contribution in [0.25, 0.3) is 16.6 Å². The Morgan fingerprint density at radius 3 is 3.08 bits per heavy atom. The fourth-order valence-electron chi connectivity index (χ4n) is 3.70. The Hall–Kier alpha value is -2.96. The molecule has 7 heteroatoms. The number of nitrogens with zero attached hydrogens (tertiary/aromatic N) is 5. The third-order valence-electron chi connectivity index (χ3n) is 4.94. The first kappa shape index (κ1) is 14.4. The minimum absolute atomic E-state index is 0.205. The summed E-state index contributed by atoms with van der Waals surface area (Å²) < 4.78 is 15.6. The summed E-state index contributed by atoms with van der Waals surface area (Å²) in [6.07, 6.45) is 3.64. The lowest BCUT2D eigenvalue weighted by atomic mass is 10.1. The summed E-state index contributed by atoms with van der Waals surface area (Å²) in [5.74, 6) is 1.53. The highest BCUT2D eigenvalue weighted by Gasteiger charge is 2.21. The van der Waals surface area contributed by atoms with Crippen molar-refractivity contribution < 1.29 is 4.39 Å². The standard InChI is InChI=1S/C18H17FN6/c1-11-21-17(8-18-23-20-10-25(11)18)24-6-2-3-15-14(9-24)13-7-12(19)4-5-16(13)22-15/h4-5,7-8,10,22H,2-3,6,9H2,1H3. The molecular formula is C18H17FN6. The molecule has 0 saturated heterocycles. The van der Waals surface area contributed by atoms with Crippen molar-refractivity contribution in [3.05, 3.63) is 53.5 Å². The van der Waals surface area contributed by atoms with Gasteiger partial charge in [0.05, 0.1) is 0 Å². The molecule has 1 aromatic carbocycles. The summed E-state index contributed by atoms with van der Waals surface area (Å²) in [7, 11) is 0. The van der Waals surface area contributed by atoms with Crippen LogP contribution in [0.2, 0.25) is 0 Å². The van der Waals surface area contributed by atoms with Crippen LogP contribution in [0.1, 0.15) is 23.5 Å².